The number of nitrogens with one attached hydrogen (secondary N) is 1. The Hall–Kier alpha value is -1.12. The average molecular weight is 237 g/mol. The first-order chi connectivity index (χ1) is 8.24. The van der Waals surface area contributed by atoms with E-state index in [0.717, 1.165) is 25.7 Å². The molecule has 0 bridgehead atoms. The van der Waals surface area contributed by atoms with Gasteiger partial charge in [0.05, 0.1) is 0 Å². The summed E-state index contributed by atoms with van der Waals surface area (Å²) in [4.78, 5) is 22.4. The highest BCUT2D eigenvalue weighted by Gasteiger charge is 2.25. The molecular formula is C14H23NO2. The molecule has 0 aliphatic carbocycles. The SMILES string of the molecule is C=CCCCCCCCC1CCC(=O)NC1=O. The van der Waals surface area contributed by atoms with Crippen LogP contribution in [0.5, 0.6) is 0 Å². The topological polar surface area (TPSA) is 46.2 Å². The number of piperidine rings is 1. The second-order valence-electron chi connectivity index (χ2n) is 4.78. The summed E-state index contributed by atoms with van der Waals surface area (Å²) in [5, 5.41) is 2.41. The van der Waals surface area contributed by atoms with Crippen molar-refractivity contribution in [3.8, 4) is 0 Å². The maximum Gasteiger partial charge on any atom is 0.229 e. The molecule has 17 heavy (non-hydrogen) atoms. The Morgan fingerprint density at radius 2 is 1.88 bits per heavy atom. The van der Waals surface area contributed by atoms with Crippen LogP contribution in [-0.2, 0) is 9.59 Å². The van der Waals surface area contributed by atoms with Crippen molar-refractivity contribution in [3.63, 3.8) is 0 Å². The zero-order valence-electron chi connectivity index (χ0n) is 10.5. The molecule has 1 saturated heterocycles. The second kappa shape index (κ2) is 8.04. The van der Waals surface area contributed by atoms with Crippen LogP contribution in [0.2, 0.25) is 0 Å². The lowest BCUT2D eigenvalue weighted by Gasteiger charge is -2.20. The van der Waals surface area contributed by atoms with E-state index >= 15 is 0 Å². The molecule has 1 aliphatic rings. The number of allylic oxidation sites excluding steroid dienone is 1. The van der Waals surface area contributed by atoms with E-state index in [0.29, 0.717) is 6.42 Å². The minimum Gasteiger partial charge on any atom is -0.296 e. The molecule has 1 aliphatic heterocycles. The minimum atomic E-state index is -0.115. The molecule has 0 radical (unpaired) electrons. The van der Waals surface area contributed by atoms with E-state index in [-0.39, 0.29) is 17.7 Å². The van der Waals surface area contributed by atoms with E-state index in [1.54, 1.807) is 0 Å². The summed E-state index contributed by atoms with van der Waals surface area (Å²) in [7, 11) is 0. The number of hydrogen-bond donors (Lipinski definition) is 1. The Morgan fingerprint density at radius 3 is 2.59 bits per heavy atom. The summed E-state index contributed by atoms with van der Waals surface area (Å²) in [5.41, 5.74) is 0. The van der Waals surface area contributed by atoms with Gasteiger partial charge in [0, 0.05) is 12.3 Å². The monoisotopic (exact) mass is 237 g/mol. The van der Waals surface area contributed by atoms with Gasteiger partial charge in [-0.3, -0.25) is 14.9 Å². The van der Waals surface area contributed by atoms with E-state index in [9.17, 15) is 9.59 Å². The zero-order chi connectivity index (χ0) is 12.5. The summed E-state index contributed by atoms with van der Waals surface area (Å²) >= 11 is 0. The molecule has 3 nitrogen and oxygen atoms in total. The molecule has 0 aromatic rings. The van der Waals surface area contributed by atoms with Gasteiger partial charge in [0.2, 0.25) is 11.8 Å². The van der Waals surface area contributed by atoms with Crippen LogP contribution in [0, 0.1) is 5.92 Å². The molecule has 0 aromatic carbocycles. The van der Waals surface area contributed by atoms with Crippen molar-refractivity contribution in [1.82, 2.24) is 5.32 Å². The van der Waals surface area contributed by atoms with Gasteiger partial charge in [0.1, 0.15) is 0 Å². The summed E-state index contributed by atoms with van der Waals surface area (Å²) in [6.45, 7) is 3.70. The molecule has 1 N–H and O–H groups in total. The molecule has 96 valence electrons. The van der Waals surface area contributed by atoms with Gasteiger partial charge in [0.15, 0.2) is 0 Å². The lowest BCUT2D eigenvalue weighted by Crippen LogP contribution is -2.40. The zero-order valence-corrected chi connectivity index (χ0v) is 10.5. The standard InChI is InChI=1S/C14H23NO2/c1-2-3-4-5-6-7-8-9-12-10-11-13(16)15-14(12)17/h2,12H,1,3-11H2,(H,15,16,17). The van der Waals surface area contributed by atoms with Crippen LogP contribution in [0.4, 0.5) is 0 Å². The van der Waals surface area contributed by atoms with Gasteiger partial charge >= 0.3 is 0 Å². The smallest absolute Gasteiger partial charge is 0.229 e. The van der Waals surface area contributed by atoms with Crippen LogP contribution in [0.1, 0.15) is 57.8 Å². The molecular weight excluding hydrogens is 214 g/mol. The number of amides is 2. The molecule has 1 unspecified atom stereocenters. The summed E-state index contributed by atoms with van der Waals surface area (Å²) in [6, 6.07) is 0. The van der Waals surface area contributed by atoms with Crippen molar-refractivity contribution in [2.45, 2.75) is 57.8 Å². The quantitative estimate of drug-likeness (QED) is 0.401. The van der Waals surface area contributed by atoms with Gasteiger partial charge in [-0.2, -0.15) is 0 Å². The Kier molecular flexibility index (Phi) is 6.60. The molecule has 2 amide bonds. The van der Waals surface area contributed by atoms with E-state index in [4.69, 9.17) is 0 Å². The maximum atomic E-state index is 11.5. The van der Waals surface area contributed by atoms with Crippen molar-refractivity contribution >= 4 is 11.8 Å². The highest BCUT2D eigenvalue weighted by atomic mass is 16.2. The molecule has 3 heteroatoms. The van der Waals surface area contributed by atoms with Gasteiger partial charge in [-0.1, -0.05) is 31.8 Å². The molecule has 1 heterocycles. The van der Waals surface area contributed by atoms with Gasteiger partial charge < -0.3 is 0 Å². The first-order valence-electron chi connectivity index (χ1n) is 6.68. The van der Waals surface area contributed by atoms with Gasteiger partial charge in [-0.05, 0) is 25.7 Å². The van der Waals surface area contributed by atoms with Gasteiger partial charge in [0.25, 0.3) is 0 Å². The molecule has 1 fully saturated rings. The third-order valence-electron chi connectivity index (χ3n) is 3.31. The summed E-state index contributed by atoms with van der Waals surface area (Å²) in [6.07, 6.45) is 11.2. The predicted molar refractivity (Wildman–Crippen MR) is 68.4 cm³/mol. The Bertz CT molecular complexity index is 273. The largest absolute Gasteiger partial charge is 0.296 e. The maximum absolute atomic E-state index is 11.5. The number of imide groups is 1. The van der Waals surface area contributed by atoms with Crippen LogP contribution in [0.25, 0.3) is 0 Å². The van der Waals surface area contributed by atoms with E-state index in [2.05, 4.69) is 11.9 Å². The fourth-order valence-electron chi connectivity index (χ4n) is 2.22. The molecule has 0 saturated carbocycles. The number of unbranched alkanes of at least 4 members (excludes halogenated alkanes) is 5. The predicted octanol–water partition coefficient (Wildman–Crippen LogP) is 2.96. The normalized spacial score (nSPS) is 20.1. The minimum absolute atomic E-state index is 0.0621. The number of rotatable bonds is 8. The fraction of sp³-hybridized carbons (Fsp3) is 0.714. The van der Waals surface area contributed by atoms with Crippen molar-refractivity contribution in [3.05, 3.63) is 12.7 Å². The van der Waals surface area contributed by atoms with Crippen molar-refractivity contribution < 1.29 is 9.59 Å². The van der Waals surface area contributed by atoms with Crippen LogP contribution in [0.3, 0.4) is 0 Å². The average Bonchev–Trinajstić information content (AvgIpc) is 2.30. The number of hydrogen-bond acceptors (Lipinski definition) is 2. The first kappa shape index (κ1) is 13.9. The number of carbonyl (C=O) groups excluding carboxylic acids is 2. The van der Waals surface area contributed by atoms with Crippen LogP contribution >= 0.6 is 0 Å². The summed E-state index contributed by atoms with van der Waals surface area (Å²) in [5.74, 6) is -0.107. The van der Waals surface area contributed by atoms with E-state index in [1.807, 2.05) is 6.08 Å². The van der Waals surface area contributed by atoms with Gasteiger partial charge in [-0.15, -0.1) is 6.58 Å². The highest BCUT2D eigenvalue weighted by Crippen LogP contribution is 2.19. The van der Waals surface area contributed by atoms with E-state index < -0.39 is 0 Å². The third kappa shape index (κ3) is 5.66. The first-order valence-corrected chi connectivity index (χ1v) is 6.68. The third-order valence-corrected chi connectivity index (χ3v) is 3.31. The Labute approximate surface area is 104 Å². The van der Waals surface area contributed by atoms with Crippen molar-refractivity contribution in [2.75, 3.05) is 0 Å². The molecule has 1 atom stereocenters. The Morgan fingerprint density at radius 1 is 1.18 bits per heavy atom. The summed E-state index contributed by atoms with van der Waals surface area (Å²) < 4.78 is 0. The lowest BCUT2D eigenvalue weighted by atomic mass is 9.92. The molecule has 0 aromatic heterocycles. The van der Waals surface area contributed by atoms with Crippen LogP contribution in [-0.4, -0.2) is 11.8 Å². The van der Waals surface area contributed by atoms with Crippen LogP contribution < -0.4 is 5.32 Å². The Balaban J connectivity index is 2.00. The van der Waals surface area contributed by atoms with Crippen molar-refractivity contribution in [2.24, 2.45) is 5.92 Å². The lowest BCUT2D eigenvalue weighted by molar-refractivity contribution is -0.136. The second-order valence-corrected chi connectivity index (χ2v) is 4.78. The van der Waals surface area contributed by atoms with Crippen LogP contribution in [0.15, 0.2) is 12.7 Å². The van der Waals surface area contributed by atoms with E-state index in [1.165, 1.54) is 25.7 Å². The highest BCUT2D eigenvalue weighted by molar-refractivity contribution is 5.98. The number of carbonyl (C=O) groups is 2. The van der Waals surface area contributed by atoms with Crippen molar-refractivity contribution in [1.29, 1.82) is 0 Å². The molecule has 0 spiro atoms. The fourth-order valence-corrected chi connectivity index (χ4v) is 2.22. The van der Waals surface area contributed by atoms with Gasteiger partial charge in [-0.25, -0.2) is 0 Å². The molecule has 1 rings (SSSR count).